The van der Waals surface area contributed by atoms with Crippen molar-refractivity contribution in [2.24, 2.45) is 0 Å². The minimum absolute atomic E-state index is 0.156. The van der Waals surface area contributed by atoms with E-state index in [4.69, 9.17) is 9.47 Å². The van der Waals surface area contributed by atoms with Crippen LogP contribution in [0.1, 0.15) is 54.4 Å². The highest BCUT2D eigenvalue weighted by Crippen LogP contribution is 2.41. The second-order valence-corrected chi connectivity index (χ2v) is 7.83. The summed E-state index contributed by atoms with van der Waals surface area (Å²) in [5.41, 5.74) is 1.64. The van der Waals surface area contributed by atoms with E-state index in [1.165, 1.54) is 6.07 Å². The summed E-state index contributed by atoms with van der Waals surface area (Å²) < 4.78 is 50.2. The van der Waals surface area contributed by atoms with E-state index in [1.54, 1.807) is 6.07 Å². The second-order valence-electron chi connectivity index (χ2n) is 7.83. The molecule has 30 heavy (non-hydrogen) atoms. The number of alkyl carbamates (subject to hydrolysis) is 1. The number of aryl methyl sites for hydroxylation is 1. The molecule has 2 aliphatic rings. The smallest absolute Gasteiger partial charge is 0.416 e. The average molecular weight is 419 g/mol. The van der Waals surface area contributed by atoms with Crippen LogP contribution in [0.2, 0.25) is 0 Å². The summed E-state index contributed by atoms with van der Waals surface area (Å²) in [6, 6.07) is 8.84. The molecule has 1 unspecified atom stereocenters. The Bertz CT molecular complexity index is 1020. The van der Waals surface area contributed by atoms with Crippen molar-refractivity contribution in [1.82, 2.24) is 5.32 Å². The van der Waals surface area contributed by atoms with Gasteiger partial charge in [-0.1, -0.05) is 19.9 Å². The maximum absolute atomic E-state index is 13.1. The fourth-order valence-electron chi connectivity index (χ4n) is 4.04. The molecule has 1 aliphatic carbocycles. The summed E-state index contributed by atoms with van der Waals surface area (Å²) >= 11 is 0. The molecule has 1 fully saturated rings. The van der Waals surface area contributed by atoms with Crippen LogP contribution in [0.15, 0.2) is 36.4 Å². The molecule has 0 spiro atoms. The first-order valence-corrected chi connectivity index (χ1v) is 9.67. The first kappa shape index (κ1) is 20.3. The number of imide groups is 1. The average Bonchev–Trinajstić information content (AvgIpc) is 3.22. The third-order valence-corrected chi connectivity index (χ3v) is 5.51. The van der Waals surface area contributed by atoms with Crippen molar-refractivity contribution in [3.63, 3.8) is 0 Å². The summed E-state index contributed by atoms with van der Waals surface area (Å²) in [6.07, 6.45) is -4.65. The predicted octanol–water partition coefficient (Wildman–Crippen LogP) is 5.29. The lowest BCUT2D eigenvalue weighted by molar-refractivity contribution is -0.137. The number of hydrogen-bond acceptors (Lipinski definition) is 4. The molecule has 0 aromatic heterocycles. The van der Waals surface area contributed by atoms with Crippen LogP contribution in [0.4, 0.5) is 18.0 Å². The highest BCUT2D eigenvalue weighted by Gasteiger charge is 2.42. The number of fused-ring (bicyclic) bond motifs is 1. The lowest BCUT2D eigenvalue weighted by Gasteiger charge is -2.18. The van der Waals surface area contributed by atoms with Gasteiger partial charge in [-0.2, -0.15) is 13.2 Å². The molecule has 0 saturated carbocycles. The van der Waals surface area contributed by atoms with Crippen LogP contribution in [-0.4, -0.2) is 18.1 Å². The number of ether oxygens (including phenoxy) is 2. The van der Waals surface area contributed by atoms with Crippen LogP contribution >= 0.6 is 0 Å². The standard InChI is InChI=1S/C22H20F3NO4/c1-11(2)17-10-13(22(23,24)25)4-8-18(17)29-14-5-7-15-12(9-14)3-6-16(15)19-20(27)26-21(28)30-19/h4-5,7-11,16,19H,3,6H2,1-2H3,(H,26,27,28)/t16-,19?/m1/s1. The third kappa shape index (κ3) is 3.74. The van der Waals surface area contributed by atoms with E-state index < -0.39 is 29.8 Å². The maximum Gasteiger partial charge on any atom is 0.416 e. The molecule has 2 aromatic carbocycles. The van der Waals surface area contributed by atoms with Gasteiger partial charge in [-0.15, -0.1) is 0 Å². The van der Waals surface area contributed by atoms with Crippen molar-refractivity contribution >= 4 is 12.0 Å². The predicted molar refractivity (Wildman–Crippen MR) is 102 cm³/mol. The number of cyclic esters (lactones) is 1. The highest BCUT2D eigenvalue weighted by molar-refractivity contribution is 6.00. The molecular weight excluding hydrogens is 399 g/mol. The number of benzene rings is 2. The molecule has 4 rings (SSSR count). The van der Waals surface area contributed by atoms with Crippen LogP contribution in [0, 0.1) is 0 Å². The molecule has 0 radical (unpaired) electrons. The zero-order valence-electron chi connectivity index (χ0n) is 16.4. The quantitative estimate of drug-likeness (QED) is 0.732. The summed E-state index contributed by atoms with van der Waals surface area (Å²) in [6.45, 7) is 3.62. The summed E-state index contributed by atoms with van der Waals surface area (Å²) in [7, 11) is 0. The van der Waals surface area contributed by atoms with Gasteiger partial charge in [-0.05, 0) is 65.8 Å². The van der Waals surface area contributed by atoms with E-state index in [0.29, 0.717) is 29.9 Å². The van der Waals surface area contributed by atoms with E-state index in [2.05, 4.69) is 5.32 Å². The summed E-state index contributed by atoms with van der Waals surface area (Å²) in [5.74, 6) is 0.0551. The Labute approximate surface area is 171 Å². The van der Waals surface area contributed by atoms with Gasteiger partial charge in [0.1, 0.15) is 11.5 Å². The van der Waals surface area contributed by atoms with E-state index >= 15 is 0 Å². The zero-order valence-corrected chi connectivity index (χ0v) is 16.4. The van der Waals surface area contributed by atoms with Crippen molar-refractivity contribution in [3.8, 4) is 11.5 Å². The summed E-state index contributed by atoms with van der Waals surface area (Å²) in [4.78, 5) is 23.2. The third-order valence-electron chi connectivity index (χ3n) is 5.51. The number of rotatable bonds is 4. The molecule has 1 N–H and O–H groups in total. The van der Waals surface area contributed by atoms with Crippen LogP contribution in [0.25, 0.3) is 0 Å². The Hall–Kier alpha value is -3.03. The van der Waals surface area contributed by atoms with Crippen molar-refractivity contribution in [1.29, 1.82) is 0 Å². The molecule has 158 valence electrons. The number of nitrogens with one attached hydrogen (secondary N) is 1. The van der Waals surface area contributed by atoms with Gasteiger partial charge < -0.3 is 9.47 Å². The van der Waals surface area contributed by atoms with Gasteiger partial charge in [-0.3, -0.25) is 10.1 Å². The summed E-state index contributed by atoms with van der Waals surface area (Å²) in [5, 5.41) is 2.15. The van der Waals surface area contributed by atoms with Crippen LogP contribution in [0.5, 0.6) is 11.5 Å². The van der Waals surface area contributed by atoms with Gasteiger partial charge in [0.15, 0.2) is 6.10 Å². The molecule has 0 bridgehead atoms. The maximum atomic E-state index is 13.1. The second kappa shape index (κ2) is 7.34. The Kier molecular flexibility index (Phi) is 4.95. The van der Waals surface area contributed by atoms with E-state index in [-0.39, 0.29) is 11.8 Å². The van der Waals surface area contributed by atoms with E-state index in [9.17, 15) is 22.8 Å². The molecular formula is C22H20F3NO4. The normalized spacial score (nSPS) is 20.9. The first-order valence-electron chi connectivity index (χ1n) is 9.67. The largest absolute Gasteiger partial charge is 0.457 e. The number of carbonyl (C=O) groups is 2. The molecule has 2 atom stereocenters. The fraction of sp³-hybridized carbons (Fsp3) is 0.364. The van der Waals surface area contributed by atoms with Crippen molar-refractivity contribution < 1.29 is 32.2 Å². The van der Waals surface area contributed by atoms with Gasteiger partial charge in [0.2, 0.25) is 0 Å². The molecule has 2 amide bonds. The van der Waals surface area contributed by atoms with Crippen molar-refractivity contribution in [2.75, 3.05) is 0 Å². The Morgan fingerprint density at radius 1 is 1.13 bits per heavy atom. The number of alkyl halides is 3. The highest BCUT2D eigenvalue weighted by atomic mass is 19.4. The van der Waals surface area contributed by atoms with Gasteiger partial charge >= 0.3 is 12.3 Å². The number of carbonyl (C=O) groups excluding carboxylic acids is 2. The minimum Gasteiger partial charge on any atom is -0.457 e. The van der Waals surface area contributed by atoms with Crippen molar-refractivity contribution in [2.45, 2.75) is 50.8 Å². The monoisotopic (exact) mass is 419 g/mol. The lowest BCUT2D eigenvalue weighted by atomic mass is 9.95. The van der Waals surface area contributed by atoms with Crippen LogP contribution in [0.3, 0.4) is 0 Å². The minimum atomic E-state index is -4.42. The van der Waals surface area contributed by atoms with E-state index in [1.807, 2.05) is 26.0 Å². The topological polar surface area (TPSA) is 64.6 Å². The SMILES string of the molecule is CC(C)c1cc(C(F)(F)F)ccc1Oc1ccc2c(c1)CC[C@H]2C1OC(=O)NC1=O. The van der Waals surface area contributed by atoms with Gasteiger partial charge in [-0.25, -0.2) is 4.79 Å². The molecule has 2 aromatic rings. The molecule has 8 heteroatoms. The molecule has 5 nitrogen and oxygen atoms in total. The fourth-order valence-corrected chi connectivity index (χ4v) is 4.04. The number of hydrogen-bond donors (Lipinski definition) is 1. The van der Waals surface area contributed by atoms with E-state index in [0.717, 1.165) is 23.3 Å². The zero-order chi connectivity index (χ0) is 21.6. The lowest BCUT2D eigenvalue weighted by Crippen LogP contribution is -2.28. The number of halogens is 3. The Morgan fingerprint density at radius 2 is 1.90 bits per heavy atom. The van der Waals surface area contributed by atoms with Crippen LogP contribution < -0.4 is 10.1 Å². The Morgan fingerprint density at radius 3 is 2.53 bits per heavy atom. The molecule has 1 heterocycles. The molecule has 1 saturated heterocycles. The van der Waals surface area contributed by atoms with Gasteiger partial charge in [0.05, 0.1) is 5.56 Å². The number of amides is 2. The Balaban J connectivity index is 1.59. The first-order chi connectivity index (χ1) is 14.1. The molecule has 1 aliphatic heterocycles. The van der Waals surface area contributed by atoms with Gasteiger partial charge in [0.25, 0.3) is 5.91 Å². The van der Waals surface area contributed by atoms with Crippen molar-refractivity contribution in [3.05, 3.63) is 58.7 Å². The van der Waals surface area contributed by atoms with Gasteiger partial charge in [0, 0.05) is 5.92 Å². The van der Waals surface area contributed by atoms with Crippen LogP contribution in [-0.2, 0) is 22.1 Å².